The summed E-state index contributed by atoms with van der Waals surface area (Å²) in [5, 5.41) is 8.94. The first-order valence-corrected chi connectivity index (χ1v) is 8.72. The molecule has 3 nitrogen and oxygen atoms in total. The first-order chi connectivity index (χ1) is 11.9. The molecule has 3 rings (SSSR count). The van der Waals surface area contributed by atoms with E-state index in [4.69, 9.17) is 9.84 Å². The zero-order chi connectivity index (χ0) is 18.0. The maximum absolute atomic E-state index is 14.2. The highest BCUT2D eigenvalue weighted by atomic mass is 19.1. The van der Waals surface area contributed by atoms with E-state index in [-0.39, 0.29) is 17.8 Å². The topological polar surface area (TPSA) is 46.5 Å². The van der Waals surface area contributed by atoms with Gasteiger partial charge in [0.1, 0.15) is 11.6 Å². The van der Waals surface area contributed by atoms with Crippen molar-refractivity contribution in [1.82, 2.24) is 0 Å². The average molecular weight is 342 g/mol. The summed E-state index contributed by atoms with van der Waals surface area (Å²) < 4.78 is 19.8. The van der Waals surface area contributed by atoms with Crippen molar-refractivity contribution in [2.45, 2.75) is 39.2 Å². The molecule has 0 aliphatic heterocycles. The lowest BCUT2D eigenvalue weighted by Crippen LogP contribution is -2.05. The molecule has 0 heterocycles. The molecule has 1 N–H and O–H groups in total. The Morgan fingerprint density at radius 1 is 1.24 bits per heavy atom. The molecule has 2 atom stereocenters. The van der Waals surface area contributed by atoms with Gasteiger partial charge in [0.15, 0.2) is 0 Å². The van der Waals surface area contributed by atoms with Gasteiger partial charge < -0.3 is 9.84 Å². The molecule has 1 saturated carbocycles. The summed E-state index contributed by atoms with van der Waals surface area (Å²) in [5.74, 6) is -0.147. The van der Waals surface area contributed by atoms with E-state index >= 15 is 0 Å². The molecule has 2 aromatic rings. The molecular formula is C21H23FO3. The number of carbonyl (C=O) groups is 1. The van der Waals surface area contributed by atoms with Crippen molar-refractivity contribution in [1.29, 1.82) is 0 Å². The maximum atomic E-state index is 14.2. The lowest BCUT2D eigenvalue weighted by molar-refractivity contribution is -0.138. The highest BCUT2D eigenvalue weighted by Gasteiger charge is 2.42. The molecule has 1 aliphatic carbocycles. The minimum atomic E-state index is -0.681. The van der Waals surface area contributed by atoms with E-state index in [1.54, 1.807) is 12.1 Å². The van der Waals surface area contributed by atoms with Crippen molar-refractivity contribution in [3.63, 3.8) is 0 Å². The van der Waals surface area contributed by atoms with Gasteiger partial charge in [-0.1, -0.05) is 24.3 Å². The van der Waals surface area contributed by atoms with E-state index in [0.717, 1.165) is 30.4 Å². The van der Waals surface area contributed by atoms with Gasteiger partial charge in [-0.3, -0.25) is 4.79 Å². The molecule has 0 spiro atoms. The van der Waals surface area contributed by atoms with Gasteiger partial charge in [-0.25, -0.2) is 4.39 Å². The van der Waals surface area contributed by atoms with Crippen molar-refractivity contribution < 1.29 is 19.0 Å². The van der Waals surface area contributed by atoms with Crippen LogP contribution in [0.4, 0.5) is 4.39 Å². The molecule has 1 aliphatic rings. The molecule has 25 heavy (non-hydrogen) atoms. The smallest absolute Gasteiger partial charge is 0.306 e. The zero-order valence-corrected chi connectivity index (χ0v) is 14.5. The number of hydrogen-bond donors (Lipinski definition) is 1. The number of benzene rings is 2. The van der Waals surface area contributed by atoms with Crippen LogP contribution in [-0.2, 0) is 11.2 Å². The van der Waals surface area contributed by atoms with E-state index in [1.807, 2.05) is 38.1 Å². The number of carboxylic acid groups (broad SMARTS) is 1. The van der Waals surface area contributed by atoms with Gasteiger partial charge in [-0.15, -0.1) is 0 Å². The number of carboxylic acids is 1. The first kappa shape index (κ1) is 17.5. The lowest BCUT2D eigenvalue weighted by Gasteiger charge is -2.12. The molecule has 1 fully saturated rings. The third-order valence-electron chi connectivity index (χ3n) is 4.62. The monoisotopic (exact) mass is 342 g/mol. The standard InChI is InChI=1S/C21H23FO3/c1-13(2)25-17-9-10-20(22)18(12-17)15-6-3-14(4-7-15)5-8-16-11-19(16)21(23)24/h3-4,6-7,9-10,12-13,16,19H,5,8,11H2,1-2H3,(H,23,24)/t16-,19-/m1/s1. The third kappa shape index (κ3) is 4.38. The van der Waals surface area contributed by atoms with Gasteiger partial charge in [0.2, 0.25) is 0 Å². The molecule has 0 saturated heterocycles. The van der Waals surface area contributed by atoms with Crippen molar-refractivity contribution in [3.8, 4) is 16.9 Å². The Kier molecular flexibility index (Phi) is 5.07. The number of ether oxygens (including phenoxy) is 1. The Hall–Kier alpha value is -2.36. The lowest BCUT2D eigenvalue weighted by atomic mass is 10.0. The number of rotatable bonds is 7. The Balaban J connectivity index is 1.67. The minimum absolute atomic E-state index is 0.0396. The van der Waals surface area contributed by atoms with Crippen LogP contribution in [0.1, 0.15) is 32.3 Å². The third-order valence-corrected chi connectivity index (χ3v) is 4.62. The number of halogens is 1. The van der Waals surface area contributed by atoms with Crippen LogP contribution in [0.5, 0.6) is 5.75 Å². The van der Waals surface area contributed by atoms with Crippen LogP contribution < -0.4 is 4.74 Å². The summed E-state index contributed by atoms with van der Waals surface area (Å²) in [4.78, 5) is 10.9. The molecule has 132 valence electrons. The summed E-state index contributed by atoms with van der Waals surface area (Å²) in [6, 6.07) is 12.6. The van der Waals surface area contributed by atoms with Crippen LogP contribution in [0.25, 0.3) is 11.1 Å². The first-order valence-electron chi connectivity index (χ1n) is 8.72. The fourth-order valence-corrected chi connectivity index (χ4v) is 3.14. The van der Waals surface area contributed by atoms with Crippen LogP contribution in [0.15, 0.2) is 42.5 Å². The summed E-state index contributed by atoms with van der Waals surface area (Å²) in [6.07, 6.45) is 2.58. The van der Waals surface area contributed by atoms with E-state index in [0.29, 0.717) is 17.2 Å². The second kappa shape index (κ2) is 7.26. The second-order valence-electron chi connectivity index (χ2n) is 6.98. The quantitative estimate of drug-likeness (QED) is 0.776. The van der Waals surface area contributed by atoms with E-state index in [2.05, 4.69) is 0 Å². The van der Waals surface area contributed by atoms with Crippen LogP contribution in [0.3, 0.4) is 0 Å². The van der Waals surface area contributed by atoms with Gasteiger partial charge in [0.25, 0.3) is 0 Å². The molecule has 4 heteroatoms. The summed E-state index contributed by atoms with van der Waals surface area (Å²) in [7, 11) is 0. The predicted octanol–water partition coefficient (Wildman–Crippen LogP) is 4.93. The molecule has 0 radical (unpaired) electrons. The number of hydrogen-bond acceptors (Lipinski definition) is 2. The molecule has 0 aromatic heterocycles. The van der Waals surface area contributed by atoms with Crippen molar-refractivity contribution >= 4 is 5.97 Å². The van der Waals surface area contributed by atoms with Gasteiger partial charge in [0.05, 0.1) is 12.0 Å². The van der Waals surface area contributed by atoms with Gasteiger partial charge >= 0.3 is 5.97 Å². The van der Waals surface area contributed by atoms with E-state index < -0.39 is 5.97 Å². The number of aryl methyl sites for hydroxylation is 1. The zero-order valence-electron chi connectivity index (χ0n) is 14.5. The fourth-order valence-electron chi connectivity index (χ4n) is 3.14. The SMILES string of the molecule is CC(C)Oc1ccc(F)c(-c2ccc(CC[C@@H]3C[C@H]3C(=O)O)cc2)c1. The average Bonchev–Trinajstić information content (AvgIpc) is 3.35. The van der Waals surface area contributed by atoms with Crippen molar-refractivity contribution in [3.05, 3.63) is 53.8 Å². The Bertz CT molecular complexity index is 752. The van der Waals surface area contributed by atoms with Crippen LogP contribution in [0.2, 0.25) is 0 Å². The Labute approximate surface area is 147 Å². The van der Waals surface area contributed by atoms with Crippen LogP contribution >= 0.6 is 0 Å². The largest absolute Gasteiger partial charge is 0.491 e. The molecule has 0 unspecified atom stereocenters. The molecular weight excluding hydrogens is 319 g/mol. The number of aliphatic carboxylic acids is 1. The second-order valence-corrected chi connectivity index (χ2v) is 6.98. The van der Waals surface area contributed by atoms with Gasteiger partial charge in [-0.05, 0) is 68.4 Å². The summed E-state index contributed by atoms with van der Waals surface area (Å²) >= 11 is 0. The van der Waals surface area contributed by atoms with Gasteiger partial charge in [-0.2, -0.15) is 0 Å². The normalized spacial score (nSPS) is 19.0. The predicted molar refractivity (Wildman–Crippen MR) is 95.2 cm³/mol. The van der Waals surface area contributed by atoms with Crippen molar-refractivity contribution in [2.24, 2.45) is 11.8 Å². The molecule has 0 amide bonds. The van der Waals surface area contributed by atoms with E-state index in [9.17, 15) is 9.18 Å². The summed E-state index contributed by atoms with van der Waals surface area (Å²) in [5.41, 5.74) is 2.48. The molecule has 2 aromatic carbocycles. The minimum Gasteiger partial charge on any atom is -0.491 e. The fraction of sp³-hybridized carbons (Fsp3) is 0.381. The maximum Gasteiger partial charge on any atom is 0.306 e. The Morgan fingerprint density at radius 2 is 1.96 bits per heavy atom. The Morgan fingerprint density at radius 3 is 2.56 bits per heavy atom. The summed E-state index contributed by atoms with van der Waals surface area (Å²) in [6.45, 7) is 3.87. The highest BCUT2D eigenvalue weighted by molar-refractivity contribution is 5.73. The molecule has 0 bridgehead atoms. The van der Waals surface area contributed by atoms with Crippen molar-refractivity contribution in [2.75, 3.05) is 0 Å². The van der Waals surface area contributed by atoms with Gasteiger partial charge in [0, 0.05) is 5.56 Å². The van der Waals surface area contributed by atoms with E-state index in [1.165, 1.54) is 6.07 Å². The highest BCUT2D eigenvalue weighted by Crippen LogP contribution is 2.42. The van der Waals surface area contributed by atoms with Crippen LogP contribution in [-0.4, -0.2) is 17.2 Å². The van der Waals surface area contributed by atoms with Crippen LogP contribution in [0, 0.1) is 17.7 Å².